The van der Waals surface area contributed by atoms with Crippen molar-refractivity contribution in [1.82, 2.24) is 0 Å². The number of halogens is 3. The highest BCUT2D eigenvalue weighted by molar-refractivity contribution is 5.99. The summed E-state index contributed by atoms with van der Waals surface area (Å²) in [7, 11) is 0. The Bertz CT molecular complexity index is 1180. The van der Waals surface area contributed by atoms with Crippen LogP contribution in [0.25, 0.3) is 11.3 Å². The Labute approximate surface area is 176 Å². The Morgan fingerprint density at radius 3 is 2.61 bits per heavy atom. The lowest BCUT2D eigenvalue weighted by atomic mass is 9.71. The van der Waals surface area contributed by atoms with Gasteiger partial charge >= 0.3 is 6.18 Å². The van der Waals surface area contributed by atoms with Gasteiger partial charge in [0, 0.05) is 24.0 Å². The van der Waals surface area contributed by atoms with E-state index in [0.29, 0.717) is 17.8 Å². The minimum atomic E-state index is -4.49. The van der Waals surface area contributed by atoms with E-state index in [4.69, 9.17) is 14.9 Å². The molecule has 1 aromatic carbocycles. The second-order valence-electron chi connectivity index (χ2n) is 8.48. The molecule has 0 spiro atoms. The van der Waals surface area contributed by atoms with Gasteiger partial charge in [0.15, 0.2) is 5.78 Å². The molecular formula is C23H19F3N2O3. The summed E-state index contributed by atoms with van der Waals surface area (Å²) in [6.07, 6.45) is -3.75. The van der Waals surface area contributed by atoms with Gasteiger partial charge in [-0.25, -0.2) is 0 Å². The highest BCUT2D eigenvalue weighted by Gasteiger charge is 2.44. The summed E-state index contributed by atoms with van der Waals surface area (Å²) < 4.78 is 50.7. The van der Waals surface area contributed by atoms with Gasteiger partial charge in [-0.1, -0.05) is 26.0 Å². The van der Waals surface area contributed by atoms with Gasteiger partial charge in [0.2, 0.25) is 5.88 Å². The standard InChI is InChI=1S/C23H19F3N2O3/c1-22(2)9-15(29)20-18(10-22)31-21(28)14(11-27)19(20)17-7-6-16(30-17)12-4-3-5-13(8-12)23(24,25)26/h3-8,19H,9-10,28H2,1-2H3/t19-/m1/s1. The molecule has 0 radical (unpaired) electrons. The van der Waals surface area contributed by atoms with Gasteiger partial charge in [0.25, 0.3) is 0 Å². The molecule has 0 saturated carbocycles. The van der Waals surface area contributed by atoms with Crippen LogP contribution < -0.4 is 5.73 Å². The van der Waals surface area contributed by atoms with E-state index in [0.717, 1.165) is 12.1 Å². The molecule has 0 bridgehead atoms. The number of ketones is 1. The van der Waals surface area contributed by atoms with Crippen molar-refractivity contribution in [3.63, 3.8) is 0 Å². The number of furan rings is 1. The molecule has 1 aliphatic heterocycles. The van der Waals surface area contributed by atoms with E-state index in [1.165, 1.54) is 18.2 Å². The molecule has 0 amide bonds. The summed E-state index contributed by atoms with van der Waals surface area (Å²) in [5, 5.41) is 9.65. The fourth-order valence-corrected chi connectivity index (χ4v) is 4.08. The van der Waals surface area contributed by atoms with Crippen LogP contribution in [0.15, 0.2) is 63.6 Å². The lowest BCUT2D eigenvalue weighted by molar-refractivity contribution is -0.137. The number of hydrogen-bond acceptors (Lipinski definition) is 5. The molecule has 0 fully saturated rings. The SMILES string of the molecule is CC1(C)CC(=O)C2=C(C1)OC(N)=C(C#N)[C@@H]2c1ccc(-c2cccc(C(F)(F)F)c2)o1. The zero-order valence-electron chi connectivity index (χ0n) is 16.8. The number of nitrogens with two attached hydrogens (primary N) is 1. The number of Topliss-reactive ketones (excluding diaryl/α,β-unsaturated/α-hetero) is 1. The summed E-state index contributed by atoms with van der Waals surface area (Å²) in [6.45, 7) is 3.87. The van der Waals surface area contributed by atoms with E-state index in [9.17, 15) is 23.2 Å². The maximum Gasteiger partial charge on any atom is 0.416 e. The minimum Gasteiger partial charge on any atom is -0.460 e. The number of nitriles is 1. The van der Waals surface area contributed by atoms with Crippen LogP contribution >= 0.6 is 0 Å². The van der Waals surface area contributed by atoms with Gasteiger partial charge in [-0.2, -0.15) is 18.4 Å². The van der Waals surface area contributed by atoms with Crippen LogP contribution in [0.4, 0.5) is 13.2 Å². The Hall–Kier alpha value is -3.47. The van der Waals surface area contributed by atoms with Crippen molar-refractivity contribution in [3.05, 3.63) is 70.5 Å². The number of rotatable bonds is 2. The molecule has 0 unspecified atom stereocenters. The second kappa shape index (κ2) is 7.05. The summed E-state index contributed by atoms with van der Waals surface area (Å²) in [5.41, 5.74) is 5.43. The van der Waals surface area contributed by atoms with Gasteiger partial charge in [-0.15, -0.1) is 0 Å². The molecule has 2 aromatic rings. The number of benzene rings is 1. The molecule has 0 saturated heterocycles. The minimum absolute atomic E-state index is 0.0387. The molecule has 4 rings (SSSR count). The first kappa shape index (κ1) is 20.8. The predicted molar refractivity (Wildman–Crippen MR) is 105 cm³/mol. The molecule has 5 nitrogen and oxygen atoms in total. The third kappa shape index (κ3) is 3.72. The average Bonchev–Trinajstić information content (AvgIpc) is 3.15. The Morgan fingerprint density at radius 1 is 1.19 bits per heavy atom. The van der Waals surface area contributed by atoms with Gasteiger partial charge in [-0.3, -0.25) is 4.79 Å². The van der Waals surface area contributed by atoms with E-state index in [1.807, 2.05) is 19.9 Å². The lowest BCUT2D eigenvalue weighted by Crippen LogP contribution is -2.33. The first-order chi connectivity index (χ1) is 14.5. The number of hydrogen-bond donors (Lipinski definition) is 1. The van der Waals surface area contributed by atoms with Gasteiger partial charge in [0.1, 0.15) is 28.9 Å². The van der Waals surface area contributed by atoms with Crippen molar-refractivity contribution < 1.29 is 27.1 Å². The highest BCUT2D eigenvalue weighted by Crippen LogP contribution is 2.48. The smallest absolute Gasteiger partial charge is 0.416 e. The topological polar surface area (TPSA) is 89.2 Å². The summed E-state index contributed by atoms with van der Waals surface area (Å²) >= 11 is 0. The predicted octanol–water partition coefficient (Wildman–Crippen LogP) is 5.42. The van der Waals surface area contributed by atoms with Gasteiger partial charge < -0.3 is 14.9 Å². The second-order valence-corrected chi connectivity index (χ2v) is 8.48. The van der Waals surface area contributed by atoms with Gasteiger partial charge in [-0.05, 0) is 29.7 Å². The highest BCUT2D eigenvalue weighted by atomic mass is 19.4. The number of carbonyl (C=O) groups excluding carboxylic acids is 1. The molecule has 1 atom stereocenters. The number of allylic oxidation sites excluding steroid dienone is 3. The van der Waals surface area contributed by atoms with Crippen LogP contribution in [0.3, 0.4) is 0 Å². The summed E-state index contributed by atoms with van der Waals surface area (Å²) in [5.74, 6) is -0.302. The third-order valence-electron chi connectivity index (χ3n) is 5.46. The molecule has 8 heteroatoms. The van der Waals surface area contributed by atoms with Crippen molar-refractivity contribution in [2.24, 2.45) is 11.1 Å². The maximum absolute atomic E-state index is 13.1. The molecule has 1 aromatic heterocycles. The fraction of sp³-hybridized carbons (Fsp3) is 0.304. The zero-order chi connectivity index (χ0) is 22.6. The van der Waals surface area contributed by atoms with E-state index in [-0.39, 0.29) is 46.2 Å². The van der Waals surface area contributed by atoms with Crippen LogP contribution in [0, 0.1) is 16.7 Å². The first-order valence-corrected chi connectivity index (χ1v) is 9.61. The fourth-order valence-electron chi connectivity index (χ4n) is 4.08. The van der Waals surface area contributed by atoms with Crippen LogP contribution in [-0.4, -0.2) is 5.78 Å². The van der Waals surface area contributed by atoms with Crippen LogP contribution in [-0.2, 0) is 15.7 Å². The molecule has 2 aliphatic rings. The van der Waals surface area contributed by atoms with Crippen LogP contribution in [0.2, 0.25) is 0 Å². The molecule has 2 N–H and O–H groups in total. The van der Waals surface area contributed by atoms with Crippen LogP contribution in [0.5, 0.6) is 0 Å². The van der Waals surface area contributed by atoms with Gasteiger partial charge in [0.05, 0.1) is 11.5 Å². The van der Waals surface area contributed by atoms with Crippen molar-refractivity contribution in [2.75, 3.05) is 0 Å². The Kier molecular flexibility index (Phi) is 4.73. The van der Waals surface area contributed by atoms with E-state index >= 15 is 0 Å². The molecule has 160 valence electrons. The van der Waals surface area contributed by atoms with Crippen molar-refractivity contribution in [3.8, 4) is 17.4 Å². The summed E-state index contributed by atoms with van der Waals surface area (Å²) in [6, 6.07) is 9.81. The normalized spacial score (nSPS) is 20.9. The van der Waals surface area contributed by atoms with E-state index in [2.05, 4.69) is 0 Å². The first-order valence-electron chi connectivity index (χ1n) is 9.61. The quantitative estimate of drug-likeness (QED) is 0.690. The molecular weight excluding hydrogens is 409 g/mol. The van der Waals surface area contributed by atoms with Crippen molar-refractivity contribution in [1.29, 1.82) is 5.26 Å². The molecule has 2 heterocycles. The number of nitrogens with zero attached hydrogens (tertiary/aromatic N) is 1. The molecule has 1 aliphatic carbocycles. The Morgan fingerprint density at radius 2 is 1.94 bits per heavy atom. The van der Waals surface area contributed by atoms with E-state index in [1.54, 1.807) is 6.07 Å². The Balaban J connectivity index is 1.79. The molecule has 31 heavy (non-hydrogen) atoms. The van der Waals surface area contributed by atoms with Crippen molar-refractivity contribution >= 4 is 5.78 Å². The van der Waals surface area contributed by atoms with Crippen LogP contribution in [0.1, 0.15) is 43.9 Å². The average molecular weight is 428 g/mol. The third-order valence-corrected chi connectivity index (χ3v) is 5.46. The number of ether oxygens (including phenoxy) is 1. The largest absolute Gasteiger partial charge is 0.460 e. The summed E-state index contributed by atoms with van der Waals surface area (Å²) in [4.78, 5) is 13.0. The van der Waals surface area contributed by atoms with Crippen molar-refractivity contribution in [2.45, 2.75) is 38.8 Å². The monoisotopic (exact) mass is 428 g/mol. The maximum atomic E-state index is 13.1. The zero-order valence-corrected chi connectivity index (χ0v) is 16.8. The number of alkyl halides is 3. The lowest BCUT2D eigenvalue weighted by Gasteiger charge is -2.36. The van der Waals surface area contributed by atoms with E-state index < -0.39 is 17.7 Å². The number of carbonyl (C=O) groups is 1.